The van der Waals surface area contributed by atoms with Crippen molar-refractivity contribution in [2.24, 2.45) is 0 Å². The Bertz CT molecular complexity index is 727. The van der Waals surface area contributed by atoms with E-state index in [4.69, 9.17) is 0 Å². The molecule has 0 bridgehead atoms. The van der Waals surface area contributed by atoms with Crippen LogP contribution in [0.5, 0.6) is 0 Å². The average Bonchev–Trinajstić information content (AvgIpc) is 2.75. The molecule has 2 aromatic rings. The summed E-state index contributed by atoms with van der Waals surface area (Å²) in [5.41, 5.74) is 4.35. The van der Waals surface area contributed by atoms with Crippen LogP contribution in [0.1, 0.15) is 12.2 Å². The van der Waals surface area contributed by atoms with Crippen molar-refractivity contribution in [2.45, 2.75) is 13.3 Å². The maximum absolute atomic E-state index is 4.57. The fourth-order valence-corrected chi connectivity index (χ4v) is 2.42. The predicted octanol–water partition coefficient (Wildman–Crippen LogP) is 4.26. The van der Waals surface area contributed by atoms with E-state index in [0.29, 0.717) is 0 Å². The van der Waals surface area contributed by atoms with Crippen molar-refractivity contribution in [3.63, 3.8) is 0 Å². The first-order chi connectivity index (χ1) is 9.25. The van der Waals surface area contributed by atoms with Crippen molar-refractivity contribution in [3.05, 3.63) is 72.6 Å². The fourth-order valence-electron chi connectivity index (χ4n) is 2.42. The number of hydrogen-bond acceptors (Lipinski definition) is 1. The molecule has 2 nitrogen and oxygen atoms in total. The van der Waals surface area contributed by atoms with Crippen molar-refractivity contribution in [1.29, 1.82) is 0 Å². The number of para-hydroxylation sites is 2. The first kappa shape index (κ1) is 11.7. The number of aromatic nitrogens is 2. The highest BCUT2D eigenvalue weighted by Gasteiger charge is 2.08. The number of allylic oxidation sites excluding steroid dienone is 7. The Hall–Kier alpha value is -2.35. The second-order valence-electron chi connectivity index (χ2n) is 4.69. The second kappa shape index (κ2) is 4.73. The molecule has 94 valence electrons. The smallest absolute Gasteiger partial charge is 0.111 e. The van der Waals surface area contributed by atoms with Crippen LogP contribution in [0.2, 0.25) is 0 Å². The number of rotatable bonds is 2. The molecule has 19 heavy (non-hydrogen) atoms. The van der Waals surface area contributed by atoms with Crippen LogP contribution >= 0.6 is 0 Å². The van der Waals surface area contributed by atoms with E-state index in [0.717, 1.165) is 29.0 Å². The number of aryl methyl sites for hydroxylation is 1. The van der Waals surface area contributed by atoms with Crippen LogP contribution in [-0.2, 0) is 0 Å². The minimum Gasteiger partial charge on any atom is -0.297 e. The molecule has 1 aliphatic carbocycles. The van der Waals surface area contributed by atoms with Gasteiger partial charge in [-0.25, -0.2) is 4.98 Å². The van der Waals surface area contributed by atoms with Crippen LogP contribution in [-0.4, -0.2) is 9.55 Å². The molecule has 0 atom stereocenters. The van der Waals surface area contributed by atoms with E-state index < -0.39 is 0 Å². The molecule has 0 aliphatic heterocycles. The third-order valence-electron chi connectivity index (χ3n) is 3.28. The monoisotopic (exact) mass is 248 g/mol. The minimum absolute atomic E-state index is 0.959. The quantitative estimate of drug-likeness (QED) is 0.776. The first-order valence-corrected chi connectivity index (χ1v) is 6.43. The van der Waals surface area contributed by atoms with Crippen molar-refractivity contribution >= 4 is 16.7 Å². The van der Waals surface area contributed by atoms with Gasteiger partial charge < -0.3 is 0 Å². The Morgan fingerprint density at radius 3 is 2.95 bits per heavy atom. The maximum atomic E-state index is 4.57. The van der Waals surface area contributed by atoms with Crippen LogP contribution in [0.15, 0.2) is 66.8 Å². The Balaban J connectivity index is 2.04. The molecule has 1 heterocycles. The molecular weight excluding hydrogens is 232 g/mol. The van der Waals surface area contributed by atoms with E-state index >= 15 is 0 Å². The highest BCUT2D eigenvalue weighted by molar-refractivity contribution is 5.81. The van der Waals surface area contributed by atoms with Gasteiger partial charge in [-0.3, -0.25) is 4.57 Å². The number of benzene rings is 1. The third kappa shape index (κ3) is 2.17. The van der Waals surface area contributed by atoms with Gasteiger partial charge in [0.2, 0.25) is 0 Å². The highest BCUT2D eigenvalue weighted by atomic mass is 15.1. The van der Waals surface area contributed by atoms with Crippen LogP contribution in [0.25, 0.3) is 16.7 Å². The molecule has 0 saturated heterocycles. The zero-order valence-electron chi connectivity index (χ0n) is 11.0. The molecule has 2 heteroatoms. The van der Waals surface area contributed by atoms with Gasteiger partial charge in [0.25, 0.3) is 0 Å². The summed E-state index contributed by atoms with van der Waals surface area (Å²) < 4.78 is 2.11. The van der Waals surface area contributed by atoms with E-state index in [-0.39, 0.29) is 0 Å². The van der Waals surface area contributed by atoms with Crippen LogP contribution in [0.3, 0.4) is 0 Å². The summed E-state index contributed by atoms with van der Waals surface area (Å²) in [7, 11) is 0. The van der Waals surface area contributed by atoms with Gasteiger partial charge in [-0.1, -0.05) is 43.0 Å². The van der Waals surface area contributed by atoms with Crippen molar-refractivity contribution < 1.29 is 0 Å². The molecule has 0 fully saturated rings. The third-order valence-corrected chi connectivity index (χ3v) is 3.28. The molecule has 3 rings (SSSR count). The van der Waals surface area contributed by atoms with Gasteiger partial charge in [-0.15, -0.1) is 0 Å². The molecule has 0 N–H and O–H groups in total. The normalized spacial score (nSPS) is 16.4. The zero-order chi connectivity index (χ0) is 13.2. The molecule has 1 aromatic heterocycles. The van der Waals surface area contributed by atoms with Crippen LogP contribution < -0.4 is 0 Å². The Morgan fingerprint density at radius 2 is 2.16 bits per heavy atom. The molecule has 1 aliphatic rings. The number of nitrogens with zero attached hydrogens (tertiary/aromatic N) is 2. The Morgan fingerprint density at radius 1 is 1.32 bits per heavy atom. The van der Waals surface area contributed by atoms with Crippen molar-refractivity contribution in [2.75, 3.05) is 0 Å². The zero-order valence-corrected chi connectivity index (χ0v) is 11.0. The number of fused-ring (bicyclic) bond motifs is 1. The molecular formula is C17H16N2. The van der Waals surface area contributed by atoms with Gasteiger partial charge in [-0.05, 0) is 37.1 Å². The summed E-state index contributed by atoms with van der Waals surface area (Å²) in [4.78, 5) is 4.57. The largest absolute Gasteiger partial charge is 0.297 e. The number of imidazole rings is 1. The predicted molar refractivity (Wildman–Crippen MR) is 80.8 cm³/mol. The van der Waals surface area contributed by atoms with E-state index in [1.54, 1.807) is 0 Å². The van der Waals surface area contributed by atoms with Crippen molar-refractivity contribution in [1.82, 2.24) is 9.55 Å². The standard InChI is InChI=1S/C17H16N2/c1-13(12-15-8-4-3-5-9-15)19-14(2)18-16-10-6-7-11-17(16)19/h3-8,10-12H,1,9H2,2H3/b15-12-. The van der Waals surface area contributed by atoms with E-state index in [9.17, 15) is 0 Å². The Kier molecular flexibility index (Phi) is 2.92. The van der Waals surface area contributed by atoms with Gasteiger partial charge in [0.05, 0.1) is 11.0 Å². The van der Waals surface area contributed by atoms with Crippen LogP contribution in [0, 0.1) is 6.92 Å². The fraction of sp³-hybridized carbons (Fsp3) is 0.118. The summed E-state index contributed by atoms with van der Waals surface area (Å²) in [6.07, 6.45) is 11.5. The molecule has 0 spiro atoms. The van der Waals surface area contributed by atoms with E-state index in [1.165, 1.54) is 5.57 Å². The average molecular weight is 248 g/mol. The molecule has 1 aromatic carbocycles. The van der Waals surface area contributed by atoms with E-state index in [1.807, 2.05) is 25.1 Å². The van der Waals surface area contributed by atoms with Gasteiger partial charge in [0.15, 0.2) is 0 Å². The lowest BCUT2D eigenvalue weighted by Crippen LogP contribution is -1.97. The lowest BCUT2D eigenvalue weighted by atomic mass is 10.1. The summed E-state index contributed by atoms with van der Waals surface area (Å²) in [5, 5.41) is 0. The highest BCUT2D eigenvalue weighted by Crippen LogP contribution is 2.22. The van der Waals surface area contributed by atoms with Gasteiger partial charge in [0, 0.05) is 5.70 Å². The summed E-state index contributed by atoms with van der Waals surface area (Å²) in [5.74, 6) is 0.971. The molecule has 0 saturated carbocycles. The molecule has 0 unspecified atom stereocenters. The Labute approximate surface area is 113 Å². The van der Waals surface area contributed by atoms with Crippen molar-refractivity contribution in [3.8, 4) is 0 Å². The van der Waals surface area contributed by atoms with E-state index in [2.05, 4.69) is 52.6 Å². The number of hydrogen-bond donors (Lipinski definition) is 0. The first-order valence-electron chi connectivity index (χ1n) is 6.43. The van der Waals surface area contributed by atoms with Gasteiger partial charge in [-0.2, -0.15) is 0 Å². The molecule has 0 amide bonds. The lowest BCUT2D eigenvalue weighted by Gasteiger charge is -2.09. The molecule has 0 radical (unpaired) electrons. The van der Waals surface area contributed by atoms with Gasteiger partial charge >= 0.3 is 0 Å². The second-order valence-corrected chi connectivity index (χ2v) is 4.69. The summed E-state index contributed by atoms with van der Waals surface area (Å²) in [6, 6.07) is 8.15. The maximum Gasteiger partial charge on any atom is 0.111 e. The lowest BCUT2D eigenvalue weighted by molar-refractivity contribution is 1.03. The topological polar surface area (TPSA) is 17.8 Å². The van der Waals surface area contributed by atoms with Crippen LogP contribution in [0.4, 0.5) is 0 Å². The summed E-state index contributed by atoms with van der Waals surface area (Å²) in [6.45, 7) is 6.21. The SMILES string of the molecule is C=C(/C=C1/C=CC=CC1)n1c(C)nc2ccccc21. The van der Waals surface area contributed by atoms with Gasteiger partial charge in [0.1, 0.15) is 5.82 Å². The minimum atomic E-state index is 0.959. The summed E-state index contributed by atoms with van der Waals surface area (Å²) >= 11 is 0.